The number of halogens is 2. The quantitative estimate of drug-likeness (QED) is 0.347. The molecule has 0 aliphatic carbocycles. The Morgan fingerprint density at radius 1 is 0.886 bits per heavy atom. The van der Waals surface area contributed by atoms with Crippen LogP contribution in [0.25, 0.3) is 0 Å². The van der Waals surface area contributed by atoms with E-state index in [-0.39, 0.29) is 16.6 Å². The van der Waals surface area contributed by atoms with Crippen LogP contribution in [0.5, 0.6) is 0 Å². The molecule has 3 aromatic rings. The summed E-state index contributed by atoms with van der Waals surface area (Å²) in [7, 11) is 0. The maximum atomic E-state index is 13.1. The molecule has 178 valence electrons. The molecule has 6 nitrogen and oxygen atoms in total. The third kappa shape index (κ3) is 5.56. The first-order valence-electron chi connectivity index (χ1n) is 11.2. The van der Waals surface area contributed by atoms with E-state index in [4.69, 9.17) is 23.2 Å². The van der Waals surface area contributed by atoms with E-state index in [1.54, 1.807) is 60.7 Å². The van der Waals surface area contributed by atoms with Crippen molar-refractivity contribution in [3.05, 3.63) is 99.7 Å². The Balaban J connectivity index is 1.49. The van der Waals surface area contributed by atoms with Crippen molar-refractivity contribution in [3.63, 3.8) is 0 Å². The molecule has 1 aliphatic heterocycles. The summed E-state index contributed by atoms with van der Waals surface area (Å²) in [5.74, 6) is -1.51. The van der Waals surface area contributed by atoms with Crippen LogP contribution in [0.2, 0.25) is 5.02 Å². The Morgan fingerprint density at radius 3 is 2.31 bits per heavy atom. The minimum atomic E-state index is -0.602. The van der Waals surface area contributed by atoms with Crippen LogP contribution in [0.3, 0.4) is 0 Å². The zero-order valence-electron chi connectivity index (χ0n) is 19.0. The average Bonchev–Trinajstić information content (AvgIpc) is 3.06. The standard InChI is InChI=1S/C27H23Cl2N3O3/c1-2-3-6-17-11-13-22(14-12-17)32-26(34)23(29)24(27(32)35)30-20-9-4-7-18(15-20)25(33)31-21-10-5-8-19(28)16-21/h4-5,7-16,30H,2-3,6H2,1H3,(H,31,33). The molecule has 0 saturated carbocycles. The number of nitrogens with zero attached hydrogens (tertiary/aromatic N) is 1. The third-order valence-electron chi connectivity index (χ3n) is 5.52. The van der Waals surface area contributed by atoms with Crippen LogP contribution in [0, 0.1) is 0 Å². The largest absolute Gasteiger partial charge is 0.350 e. The second-order valence-corrected chi connectivity index (χ2v) is 8.89. The van der Waals surface area contributed by atoms with E-state index in [9.17, 15) is 14.4 Å². The van der Waals surface area contributed by atoms with Gasteiger partial charge >= 0.3 is 0 Å². The van der Waals surface area contributed by atoms with Gasteiger partial charge in [0, 0.05) is 22.0 Å². The van der Waals surface area contributed by atoms with E-state index in [0.717, 1.165) is 29.7 Å². The Kier molecular flexibility index (Phi) is 7.54. The first-order valence-corrected chi connectivity index (χ1v) is 11.9. The van der Waals surface area contributed by atoms with Gasteiger partial charge in [-0.15, -0.1) is 0 Å². The molecule has 4 rings (SSSR count). The Labute approximate surface area is 213 Å². The number of hydrogen-bond donors (Lipinski definition) is 2. The van der Waals surface area contributed by atoms with E-state index in [1.165, 1.54) is 0 Å². The number of anilines is 3. The van der Waals surface area contributed by atoms with Crippen LogP contribution in [-0.4, -0.2) is 17.7 Å². The number of benzene rings is 3. The van der Waals surface area contributed by atoms with Crippen molar-refractivity contribution in [2.45, 2.75) is 26.2 Å². The van der Waals surface area contributed by atoms with Gasteiger partial charge in [0.05, 0.1) is 5.69 Å². The maximum absolute atomic E-state index is 13.1. The average molecular weight is 508 g/mol. The van der Waals surface area contributed by atoms with Gasteiger partial charge in [-0.3, -0.25) is 14.4 Å². The molecule has 1 heterocycles. The summed E-state index contributed by atoms with van der Waals surface area (Å²) >= 11 is 12.2. The molecular weight excluding hydrogens is 485 g/mol. The van der Waals surface area contributed by atoms with Crippen molar-refractivity contribution < 1.29 is 14.4 Å². The summed E-state index contributed by atoms with van der Waals surface area (Å²) in [6.07, 6.45) is 3.09. The van der Waals surface area contributed by atoms with Gasteiger partial charge in [0.15, 0.2) is 0 Å². The molecular formula is C27H23Cl2N3O3. The van der Waals surface area contributed by atoms with Crippen molar-refractivity contribution in [1.82, 2.24) is 0 Å². The SMILES string of the molecule is CCCCc1ccc(N2C(=O)C(Cl)=C(Nc3cccc(C(=O)Nc4cccc(Cl)c4)c3)C2=O)cc1. The number of carbonyl (C=O) groups is 3. The van der Waals surface area contributed by atoms with Gasteiger partial charge in [0.25, 0.3) is 17.7 Å². The zero-order valence-corrected chi connectivity index (χ0v) is 20.5. The van der Waals surface area contributed by atoms with Gasteiger partial charge in [-0.2, -0.15) is 0 Å². The van der Waals surface area contributed by atoms with Crippen LogP contribution in [-0.2, 0) is 16.0 Å². The van der Waals surface area contributed by atoms with E-state index < -0.39 is 11.8 Å². The van der Waals surface area contributed by atoms with Gasteiger partial charge in [-0.05, 0) is 66.9 Å². The molecule has 0 saturated heterocycles. The summed E-state index contributed by atoms with van der Waals surface area (Å²) in [6, 6.07) is 20.7. The van der Waals surface area contributed by atoms with Crippen molar-refractivity contribution in [3.8, 4) is 0 Å². The second-order valence-electron chi connectivity index (χ2n) is 8.07. The maximum Gasteiger partial charge on any atom is 0.283 e. The lowest BCUT2D eigenvalue weighted by molar-refractivity contribution is -0.120. The highest BCUT2D eigenvalue weighted by atomic mass is 35.5. The molecule has 1 aliphatic rings. The fourth-order valence-electron chi connectivity index (χ4n) is 3.69. The van der Waals surface area contributed by atoms with Gasteiger partial charge in [-0.1, -0.05) is 60.8 Å². The molecule has 0 atom stereocenters. The molecule has 0 bridgehead atoms. The number of aryl methyl sites for hydroxylation is 1. The minimum Gasteiger partial charge on any atom is -0.350 e. The number of nitrogens with one attached hydrogen (secondary N) is 2. The Bertz CT molecular complexity index is 1320. The summed E-state index contributed by atoms with van der Waals surface area (Å²) in [6.45, 7) is 2.12. The molecule has 0 fully saturated rings. The van der Waals surface area contributed by atoms with Crippen molar-refractivity contribution in [2.75, 3.05) is 15.5 Å². The topological polar surface area (TPSA) is 78.5 Å². The predicted octanol–water partition coefficient (Wildman–Crippen LogP) is 6.37. The van der Waals surface area contributed by atoms with Crippen LogP contribution in [0.1, 0.15) is 35.7 Å². The number of hydrogen-bond acceptors (Lipinski definition) is 4. The molecule has 2 N–H and O–H groups in total. The lowest BCUT2D eigenvalue weighted by atomic mass is 10.1. The normalized spacial score (nSPS) is 13.4. The van der Waals surface area contributed by atoms with Crippen molar-refractivity contribution in [2.24, 2.45) is 0 Å². The number of rotatable bonds is 8. The summed E-state index contributed by atoms with van der Waals surface area (Å²) in [5.41, 5.74) is 2.89. The van der Waals surface area contributed by atoms with E-state index in [1.807, 2.05) is 12.1 Å². The van der Waals surface area contributed by atoms with Crippen LogP contribution < -0.4 is 15.5 Å². The van der Waals surface area contributed by atoms with Gasteiger partial charge < -0.3 is 10.6 Å². The van der Waals surface area contributed by atoms with E-state index in [0.29, 0.717) is 27.6 Å². The zero-order chi connectivity index (χ0) is 24.9. The third-order valence-corrected chi connectivity index (χ3v) is 6.10. The fourth-order valence-corrected chi connectivity index (χ4v) is 4.09. The number of amides is 3. The predicted molar refractivity (Wildman–Crippen MR) is 140 cm³/mol. The minimum absolute atomic E-state index is 0.0425. The summed E-state index contributed by atoms with van der Waals surface area (Å²) in [5, 5.41) is 5.98. The van der Waals surface area contributed by atoms with Gasteiger partial charge in [-0.25, -0.2) is 4.90 Å². The summed E-state index contributed by atoms with van der Waals surface area (Å²) in [4.78, 5) is 39.6. The highest BCUT2D eigenvalue weighted by Gasteiger charge is 2.39. The van der Waals surface area contributed by atoms with Gasteiger partial charge in [0.1, 0.15) is 10.7 Å². The Morgan fingerprint density at radius 2 is 1.60 bits per heavy atom. The van der Waals surface area contributed by atoms with E-state index in [2.05, 4.69) is 17.6 Å². The smallest absolute Gasteiger partial charge is 0.283 e. The van der Waals surface area contributed by atoms with Crippen LogP contribution in [0.15, 0.2) is 83.5 Å². The first-order chi connectivity index (χ1) is 16.9. The number of unbranched alkanes of at least 4 members (excludes halogenated alkanes) is 1. The Hall–Kier alpha value is -3.61. The summed E-state index contributed by atoms with van der Waals surface area (Å²) < 4.78 is 0. The molecule has 8 heteroatoms. The van der Waals surface area contributed by atoms with Crippen LogP contribution in [0.4, 0.5) is 17.1 Å². The number of imide groups is 1. The second kappa shape index (κ2) is 10.8. The lowest BCUT2D eigenvalue weighted by Crippen LogP contribution is -2.32. The highest BCUT2D eigenvalue weighted by Crippen LogP contribution is 2.30. The molecule has 0 aromatic heterocycles. The van der Waals surface area contributed by atoms with Gasteiger partial charge in [0.2, 0.25) is 0 Å². The number of carbonyl (C=O) groups excluding carboxylic acids is 3. The monoisotopic (exact) mass is 507 g/mol. The van der Waals surface area contributed by atoms with E-state index >= 15 is 0 Å². The molecule has 35 heavy (non-hydrogen) atoms. The first kappa shape index (κ1) is 24.5. The molecule has 0 radical (unpaired) electrons. The van der Waals surface area contributed by atoms with Crippen LogP contribution >= 0.6 is 23.2 Å². The van der Waals surface area contributed by atoms with Crippen molar-refractivity contribution in [1.29, 1.82) is 0 Å². The van der Waals surface area contributed by atoms with Crippen molar-refractivity contribution >= 4 is 58.0 Å². The fraction of sp³-hybridized carbons (Fsp3) is 0.148. The molecule has 3 aromatic carbocycles. The highest BCUT2D eigenvalue weighted by molar-refractivity contribution is 6.53. The molecule has 0 unspecified atom stereocenters. The molecule has 3 amide bonds. The molecule has 0 spiro atoms. The lowest BCUT2D eigenvalue weighted by Gasteiger charge is -2.16.